The molecule has 1 aromatic rings. The van der Waals surface area contributed by atoms with Crippen LogP contribution in [0, 0.1) is 9.39 Å². The predicted octanol–water partition coefficient (Wildman–Crippen LogP) is 2.24. The number of benzene rings is 1. The number of hydrogen-bond acceptors (Lipinski definition) is 1. The van der Waals surface area contributed by atoms with Gasteiger partial charge in [0.25, 0.3) is 0 Å². The van der Waals surface area contributed by atoms with Crippen molar-refractivity contribution in [3.05, 3.63) is 33.1 Å². The van der Waals surface area contributed by atoms with E-state index in [9.17, 15) is 9.18 Å². The summed E-state index contributed by atoms with van der Waals surface area (Å²) >= 11 is 1.87. The van der Waals surface area contributed by atoms with E-state index in [2.05, 4.69) is 0 Å². The van der Waals surface area contributed by atoms with Gasteiger partial charge in [-0.15, -0.1) is 0 Å². The Morgan fingerprint density at radius 2 is 2.20 bits per heavy atom. The number of carbonyl (C=O) groups excluding carboxylic acids is 1. The molecular formula is C7H4FIO. The molecular weight excluding hydrogens is 246 g/mol. The average molecular weight is 250 g/mol. The summed E-state index contributed by atoms with van der Waals surface area (Å²) in [5.74, 6) is -0.342. The van der Waals surface area contributed by atoms with E-state index in [0.29, 0.717) is 15.4 Å². The van der Waals surface area contributed by atoms with Gasteiger partial charge in [0.2, 0.25) is 0 Å². The molecule has 0 amide bonds. The van der Waals surface area contributed by atoms with Gasteiger partial charge < -0.3 is 0 Å². The normalized spacial score (nSPS) is 9.40. The Hall–Kier alpha value is -0.450. The largest absolute Gasteiger partial charge is 0.298 e. The lowest BCUT2D eigenvalue weighted by Gasteiger charge is -1.92. The molecule has 0 unspecified atom stereocenters. The molecule has 0 fully saturated rings. The van der Waals surface area contributed by atoms with E-state index in [4.69, 9.17) is 0 Å². The van der Waals surface area contributed by atoms with Crippen LogP contribution in [0.25, 0.3) is 0 Å². The van der Waals surface area contributed by atoms with Crippen molar-refractivity contribution in [1.82, 2.24) is 0 Å². The van der Waals surface area contributed by atoms with Crippen molar-refractivity contribution >= 4 is 28.9 Å². The highest BCUT2D eigenvalue weighted by Gasteiger charge is 1.97. The minimum atomic E-state index is -0.342. The summed E-state index contributed by atoms with van der Waals surface area (Å²) in [7, 11) is 0. The molecule has 0 atom stereocenters. The lowest BCUT2D eigenvalue weighted by atomic mass is 10.2. The van der Waals surface area contributed by atoms with E-state index >= 15 is 0 Å². The highest BCUT2D eigenvalue weighted by molar-refractivity contribution is 14.1. The summed E-state index contributed by atoms with van der Waals surface area (Å²) in [5, 5.41) is 0. The maximum Gasteiger partial charge on any atom is 0.150 e. The first kappa shape index (κ1) is 7.65. The Bertz CT molecular complexity index is 260. The number of hydrogen-bond donors (Lipinski definition) is 0. The van der Waals surface area contributed by atoms with Crippen molar-refractivity contribution in [2.24, 2.45) is 0 Å². The maximum atomic E-state index is 12.6. The zero-order valence-electron chi connectivity index (χ0n) is 4.97. The third-order valence-corrected chi connectivity index (χ3v) is 1.95. The number of halogens is 2. The fraction of sp³-hybridized carbons (Fsp3) is 0. The Balaban J connectivity index is 3.16. The van der Waals surface area contributed by atoms with Gasteiger partial charge in [-0.05, 0) is 34.7 Å². The molecule has 10 heavy (non-hydrogen) atoms. The van der Waals surface area contributed by atoms with Gasteiger partial charge in [0.05, 0.1) is 0 Å². The zero-order chi connectivity index (χ0) is 7.56. The summed E-state index contributed by atoms with van der Waals surface area (Å²) in [6.45, 7) is 0. The minimum Gasteiger partial charge on any atom is -0.298 e. The van der Waals surface area contributed by atoms with Gasteiger partial charge >= 0.3 is 0 Å². The Morgan fingerprint density at radius 3 is 2.70 bits per heavy atom. The second kappa shape index (κ2) is 3.09. The average Bonchev–Trinajstić information content (AvgIpc) is 1.95. The number of carbonyl (C=O) groups is 1. The predicted molar refractivity (Wildman–Crippen MR) is 44.5 cm³/mol. The summed E-state index contributed by atoms with van der Waals surface area (Å²) in [6.07, 6.45) is 0.624. The molecule has 1 nitrogen and oxygen atoms in total. The van der Waals surface area contributed by atoms with Crippen LogP contribution in [0.15, 0.2) is 18.2 Å². The van der Waals surface area contributed by atoms with Gasteiger partial charge in [-0.2, -0.15) is 0 Å². The smallest absolute Gasteiger partial charge is 0.150 e. The molecule has 0 radical (unpaired) electrons. The first-order chi connectivity index (χ1) is 4.74. The van der Waals surface area contributed by atoms with E-state index in [-0.39, 0.29) is 5.82 Å². The van der Waals surface area contributed by atoms with Crippen molar-refractivity contribution in [2.75, 3.05) is 0 Å². The second-order valence-electron chi connectivity index (χ2n) is 1.79. The van der Waals surface area contributed by atoms with E-state index in [1.54, 1.807) is 12.1 Å². The summed E-state index contributed by atoms with van der Waals surface area (Å²) in [6, 6.07) is 4.37. The first-order valence-corrected chi connectivity index (χ1v) is 3.72. The van der Waals surface area contributed by atoms with Crippen molar-refractivity contribution < 1.29 is 9.18 Å². The quantitative estimate of drug-likeness (QED) is 0.551. The topological polar surface area (TPSA) is 17.1 Å². The van der Waals surface area contributed by atoms with Crippen molar-refractivity contribution in [1.29, 1.82) is 0 Å². The van der Waals surface area contributed by atoms with E-state index in [1.165, 1.54) is 6.07 Å². The molecule has 3 heteroatoms. The number of rotatable bonds is 1. The molecule has 0 saturated heterocycles. The highest BCUT2D eigenvalue weighted by atomic mass is 127. The third kappa shape index (κ3) is 1.53. The van der Waals surface area contributed by atoms with Crippen LogP contribution < -0.4 is 0 Å². The highest BCUT2D eigenvalue weighted by Crippen LogP contribution is 2.10. The van der Waals surface area contributed by atoms with Crippen LogP contribution in [0.3, 0.4) is 0 Å². The van der Waals surface area contributed by atoms with Gasteiger partial charge in [-0.1, -0.05) is 6.07 Å². The van der Waals surface area contributed by atoms with Gasteiger partial charge in [0.1, 0.15) is 12.1 Å². The molecule has 0 aromatic heterocycles. The Kier molecular flexibility index (Phi) is 2.37. The second-order valence-corrected chi connectivity index (χ2v) is 2.95. The molecule has 0 bridgehead atoms. The monoisotopic (exact) mass is 250 g/mol. The molecule has 52 valence electrons. The maximum absolute atomic E-state index is 12.6. The molecule has 0 N–H and O–H groups in total. The molecule has 1 rings (SSSR count). The Morgan fingerprint density at radius 1 is 1.50 bits per heavy atom. The Labute approximate surface area is 71.4 Å². The zero-order valence-corrected chi connectivity index (χ0v) is 7.13. The van der Waals surface area contributed by atoms with Crippen molar-refractivity contribution in [3.8, 4) is 0 Å². The van der Waals surface area contributed by atoms with E-state index < -0.39 is 0 Å². The standard InChI is InChI=1S/C7H4FIO/c8-6-3-5(4-10)1-2-7(6)9/h1-4H. The molecule has 0 aliphatic rings. The van der Waals surface area contributed by atoms with E-state index in [1.807, 2.05) is 22.6 Å². The van der Waals surface area contributed by atoms with Crippen LogP contribution in [-0.2, 0) is 0 Å². The third-order valence-electron chi connectivity index (χ3n) is 1.08. The molecule has 0 aliphatic carbocycles. The molecule has 1 aromatic carbocycles. The molecule has 0 aliphatic heterocycles. The summed E-state index contributed by atoms with van der Waals surface area (Å²) in [5.41, 5.74) is 0.373. The van der Waals surface area contributed by atoms with Crippen molar-refractivity contribution in [2.45, 2.75) is 0 Å². The van der Waals surface area contributed by atoms with Crippen LogP contribution in [0.1, 0.15) is 10.4 Å². The summed E-state index contributed by atoms with van der Waals surface area (Å²) in [4.78, 5) is 10.1. The van der Waals surface area contributed by atoms with Crippen LogP contribution in [0.5, 0.6) is 0 Å². The molecule has 0 saturated carbocycles. The fourth-order valence-corrected chi connectivity index (χ4v) is 0.921. The molecule has 0 heterocycles. The summed E-state index contributed by atoms with van der Waals surface area (Å²) < 4.78 is 13.1. The molecule has 0 spiro atoms. The van der Waals surface area contributed by atoms with Crippen LogP contribution >= 0.6 is 22.6 Å². The van der Waals surface area contributed by atoms with Crippen LogP contribution in [0.2, 0.25) is 0 Å². The van der Waals surface area contributed by atoms with Gasteiger partial charge in [0, 0.05) is 9.13 Å². The SMILES string of the molecule is O=Cc1ccc(I)c(F)c1. The van der Waals surface area contributed by atoms with Gasteiger partial charge in [-0.25, -0.2) is 4.39 Å². The minimum absolute atomic E-state index is 0.342. The van der Waals surface area contributed by atoms with Gasteiger partial charge in [0.15, 0.2) is 0 Å². The lowest BCUT2D eigenvalue weighted by Crippen LogP contribution is -1.84. The van der Waals surface area contributed by atoms with Crippen LogP contribution in [0.4, 0.5) is 4.39 Å². The first-order valence-electron chi connectivity index (χ1n) is 2.64. The van der Waals surface area contributed by atoms with E-state index in [0.717, 1.165) is 0 Å². The number of aldehydes is 1. The lowest BCUT2D eigenvalue weighted by molar-refractivity contribution is 0.112. The van der Waals surface area contributed by atoms with Gasteiger partial charge in [-0.3, -0.25) is 4.79 Å². The van der Waals surface area contributed by atoms with Crippen LogP contribution in [-0.4, -0.2) is 6.29 Å². The van der Waals surface area contributed by atoms with Crippen molar-refractivity contribution in [3.63, 3.8) is 0 Å². The fourth-order valence-electron chi connectivity index (χ4n) is 0.586.